The number of anilines is 1. The van der Waals surface area contributed by atoms with Gasteiger partial charge in [-0.05, 0) is 48.2 Å². The smallest absolute Gasteiger partial charge is 0.386 e. The number of aryl methyl sites for hydroxylation is 1. The molecule has 61 heavy (non-hydrogen) atoms. The third-order valence-electron chi connectivity index (χ3n) is 9.99. The molecule has 5 aromatic rings. The number of hydrogen-bond donors (Lipinski definition) is 4. The van der Waals surface area contributed by atoms with Gasteiger partial charge in [0, 0.05) is 44.1 Å². The van der Waals surface area contributed by atoms with Gasteiger partial charge >= 0.3 is 6.18 Å². The van der Waals surface area contributed by atoms with Crippen LogP contribution in [0.5, 0.6) is 0 Å². The van der Waals surface area contributed by atoms with Gasteiger partial charge in [0.15, 0.2) is 5.82 Å². The van der Waals surface area contributed by atoms with E-state index in [9.17, 15) is 48.7 Å². The summed E-state index contributed by atoms with van der Waals surface area (Å²) in [4.78, 5) is 32.8. The summed E-state index contributed by atoms with van der Waals surface area (Å²) in [5.41, 5.74) is -6.76. The van der Waals surface area contributed by atoms with Crippen molar-refractivity contribution in [2.75, 3.05) is 18.0 Å². The summed E-state index contributed by atoms with van der Waals surface area (Å²) < 4.78 is 158. The summed E-state index contributed by atoms with van der Waals surface area (Å²) in [5.74, 6) is -10.1. The van der Waals surface area contributed by atoms with Crippen LogP contribution in [0.4, 0.5) is 45.3 Å². The molecule has 25 heteroatoms. The lowest BCUT2D eigenvalue weighted by atomic mass is 10.0. The molecule has 7 rings (SSSR count). The molecule has 1 fully saturated rings. The molecule has 1 saturated carbocycles. The predicted octanol–water partition coefficient (Wildman–Crippen LogP) is 6.01. The van der Waals surface area contributed by atoms with E-state index < -0.39 is 117 Å². The maximum absolute atomic E-state index is 15.4. The van der Waals surface area contributed by atoms with E-state index in [1.165, 1.54) is 19.2 Å². The molecule has 0 bridgehead atoms. The van der Waals surface area contributed by atoms with Gasteiger partial charge in [0.1, 0.15) is 41.1 Å². The SMILES string of the molecule is CN/C(=C\C(=N)C(F)(F)F)c1cc(=O)n(-c2ccc(Cl)c3c(NS(C)(=O)=O)nn(C)c23)c([C@H](Cc2cc(F)cc(F)c2)NC(=O)Cn2nc(C(F)F)c3c2C(F)(F)[C@@H]2C[C@H]32)n1. The highest BCUT2D eigenvalue weighted by molar-refractivity contribution is 7.92. The molecule has 0 unspecified atom stereocenters. The number of nitrogens with one attached hydrogen (secondary N) is 4. The minimum Gasteiger partial charge on any atom is -0.386 e. The summed E-state index contributed by atoms with van der Waals surface area (Å²) in [6.45, 7) is -1.13. The molecule has 1 amide bonds. The first-order chi connectivity index (χ1) is 28.4. The van der Waals surface area contributed by atoms with E-state index in [-0.39, 0.29) is 45.0 Å². The molecule has 3 atom stereocenters. The van der Waals surface area contributed by atoms with Crippen LogP contribution in [0.15, 0.2) is 47.3 Å². The van der Waals surface area contributed by atoms with Crippen LogP contribution in [-0.4, -0.2) is 68.6 Å². The average Bonchev–Trinajstić information content (AvgIpc) is 3.68. The zero-order valence-electron chi connectivity index (χ0n) is 31.5. The standard InChI is InChI=1S/C36H30ClF9N10O4S/c1-48-20(11-24(47)36(44,45)46)21-12-26(58)56(23-5-4-19(37)28-30(23)54(2)52-33(28)53-61(3,59)60)34(50-21)22(8-14-6-15(38)9-16(39)7-14)49-25(57)13-55-31-27(29(51-55)32(40)41)17-10-18(17)35(31,42)43/h4-7,9,11-12,17-18,22,32,47-48H,8,10,13H2,1-3H3,(H,49,57)(H,52,53)/b20-11-,47-24?/t17-,18+,22-/m0/s1. The Bertz CT molecular complexity index is 2840. The molecule has 0 radical (unpaired) electrons. The Morgan fingerprint density at radius 2 is 1.79 bits per heavy atom. The lowest BCUT2D eigenvalue weighted by molar-refractivity contribution is -0.123. The zero-order chi connectivity index (χ0) is 44.7. The molecule has 2 aliphatic rings. The van der Waals surface area contributed by atoms with E-state index in [4.69, 9.17) is 17.0 Å². The summed E-state index contributed by atoms with van der Waals surface area (Å²) >= 11 is 6.50. The van der Waals surface area contributed by atoms with Crippen molar-refractivity contribution in [3.8, 4) is 5.69 Å². The largest absolute Gasteiger partial charge is 0.432 e. The molecule has 3 aromatic heterocycles. The van der Waals surface area contributed by atoms with Crippen LogP contribution in [-0.2, 0) is 40.8 Å². The molecule has 3 heterocycles. The molecule has 2 aromatic carbocycles. The zero-order valence-corrected chi connectivity index (χ0v) is 33.0. The number of sulfonamides is 1. The summed E-state index contributed by atoms with van der Waals surface area (Å²) in [6, 6.07) is 3.63. The molecule has 0 saturated heterocycles. The highest BCUT2D eigenvalue weighted by atomic mass is 35.5. The Morgan fingerprint density at radius 1 is 1.11 bits per heavy atom. The number of rotatable bonds is 13. The molecular formula is C36H30ClF9N10O4S. The minimum atomic E-state index is -5.17. The van der Waals surface area contributed by atoms with Gasteiger partial charge in [0.2, 0.25) is 15.9 Å². The highest BCUT2D eigenvalue weighted by Gasteiger charge is 2.67. The molecule has 14 nitrogen and oxygen atoms in total. The number of amides is 1. The fourth-order valence-corrected chi connectivity index (χ4v) is 8.26. The molecule has 2 aliphatic carbocycles. The van der Waals surface area contributed by atoms with Gasteiger partial charge < -0.3 is 10.6 Å². The number of allylic oxidation sites excluding steroid dienone is 1. The van der Waals surface area contributed by atoms with Crippen molar-refractivity contribution in [2.45, 2.75) is 49.9 Å². The van der Waals surface area contributed by atoms with Gasteiger partial charge in [-0.25, -0.2) is 31.0 Å². The van der Waals surface area contributed by atoms with Gasteiger partial charge in [-0.15, -0.1) is 0 Å². The van der Waals surface area contributed by atoms with Gasteiger partial charge in [-0.3, -0.25) is 33.7 Å². The maximum Gasteiger partial charge on any atom is 0.432 e. The Morgan fingerprint density at radius 3 is 2.39 bits per heavy atom. The second kappa shape index (κ2) is 15.2. The van der Waals surface area contributed by atoms with Crippen LogP contribution < -0.4 is 20.9 Å². The lowest BCUT2D eigenvalue weighted by Gasteiger charge is -2.24. The van der Waals surface area contributed by atoms with Crippen molar-refractivity contribution in [3.63, 3.8) is 0 Å². The van der Waals surface area contributed by atoms with Crippen LogP contribution in [0, 0.1) is 23.0 Å². The Hall–Kier alpha value is -5.91. The van der Waals surface area contributed by atoms with Crippen molar-refractivity contribution >= 4 is 55.7 Å². The normalized spacial score (nSPS) is 17.6. The van der Waals surface area contributed by atoms with Crippen LogP contribution in [0.25, 0.3) is 22.3 Å². The first-order valence-corrected chi connectivity index (χ1v) is 20.0. The van der Waals surface area contributed by atoms with Gasteiger partial charge in [0.25, 0.3) is 17.9 Å². The fourth-order valence-electron chi connectivity index (χ4n) is 7.52. The third-order valence-corrected chi connectivity index (χ3v) is 10.9. The van der Waals surface area contributed by atoms with Crippen LogP contribution in [0.1, 0.15) is 58.8 Å². The van der Waals surface area contributed by atoms with E-state index in [1.807, 2.05) is 0 Å². The molecule has 324 valence electrons. The number of aromatic nitrogens is 6. The highest BCUT2D eigenvalue weighted by Crippen LogP contribution is 2.68. The Kier molecular flexibility index (Phi) is 10.8. The van der Waals surface area contributed by atoms with E-state index in [1.54, 1.807) is 0 Å². The summed E-state index contributed by atoms with van der Waals surface area (Å²) in [5, 5.41) is 20.0. The predicted molar refractivity (Wildman–Crippen MR) is 201 cm³/mol. The number of halogens is 10. The summed E-state index contributed by atoms with van der Waals surface area (Å²) in [6.07, 6.45) is -8.07. The number of carbonyl (C=O) groups excluding carboxylic acids is 1. The van der Waals surface area contributed by atoms with Gasteiger partial charge in [-0.1, -0.05) is 11.6 Å². The second-order valence-corrected chi connectivity index (χ2v) is 16.5. The van der Waals surface area contributed by atoms with Crippen LogP contribution >= 0.6 is 11.6 Å². The first kappa shape index (κ1) is 43.2. The number of fused-ring (bicyclic) bond motifs is 4. The van der Waals surface area contributed by atoms with Crippen molar-refractivity contribution in [3.05, 3.63) is 104 Å². The fraction of sp³-hybridized carbons (Fsp3) is 0.333. The van der Waals surface area contributed by atoms with Crippen molar-refractivity contribution < 1.29 is 52.7 Å². The van der Waals surface area contributed by atoms with Crippen molar-refractivity contribution in [2.24, 2.45) is 13.0 Å². The van der Waals surface area contributed by atoms with Gasteiger partial charge in [-0.2, -0.15) is 32.1 Å². The third kappa shape index (κ3) is 8.16. The van der Waals surface area contributed by atoms with Crippen molar-refractivity contribution in [1.82, 2.24) is 39.7 Å². The second-order valence-electron chi connectivity index (χ2n) is 14.3. The van der Waals surface area contributed by atoms with E-state index in [0.717, 1.165) is 40.8 Å². The van der Waals surface area contributed by atoms with E-state index >= 15 is 8.78 Å². The first-order valence-electron chi connectivity index (χ1n) is 17.7. The van der Waals surface area contributed by atoms with Crippen LogP contribution in [0.2, 0.25) is 5.02 Å². The minimum absolute atomic E-state index is 0.0610. The molecule has 0 spiro atoms. The monoisotopic (exact) mass is 904 g/mol. The molecule has 0 aliphatic heterocycles. The quantitative estimate of drug-likeness (QED) is 0.0820. The topological polar surface area (TPSA) is 182 Å². The van der Waals surface area contributed by atoms with E-state index in [0.29, 0.717) is 16.8 Å². The lowest BCUT2D eigenvalue weighted by Crippen LogP contribution is -2.38. The number of nitrogens with zero attached hydrogens (tertiary/aromatic N) is 6. The number of hydrogen-bond acceptors (Lipinski definition) is 9. The van der Waals surface area contributed by atoms with Gasteiger partial charge in [0.05, 0.1) is 45.3 Å². The number of benzene rings is 2. The van der Waals surface area contributed by atoms with Crippen LogP contribution in [0.3, 0.4) is 0 Å². The summed E-state index contributed by atoms with van der Waals surface area (Å²) in [7, 11) is -1.52. The number of carbonyl (C=O) groups is 1. The average molecular weight is 905 g/mol. The molecule has 4 N–H and O–H groups in total. The maximum atomic E-state index is 15.4. The van der Waals surface area contributed by atoms with E-state index in [2.05, 4.69) is 30.5 Å². The Balaban J connectivity index is 1.45. The number of alkyl halides is 7. The van der Waals surface area contributed by atoms with Crippen molar-refractivity contribution in [1.29, 1.82) is 5.41 Å². The Labute approximate surface area is 342 Å². The molecular weight excluding hydrogens is 875 g/mol.